The quantitative estimate of drug-likeness (QED) is 0.667. The van der Waals surface area contributed by atoms with E-state index in [4.69, 9.17) is 9.47 Å². The molecule has 0 spiro atoms. The summed E-state index contributed by atoms with van der Waals surface area (Å²) >= 11 is 0. The van der Waals surface area contributed by atoms with Crippen LogP contribution in [0.5, 0.6) is 11.5 Å². The fourth-order valence-electron chi connectivity index (χ4n) is 4.13. The molecule has 9 heteroatoms. The number of likely N-dealkylation sites (tertiary alicyclic amines) is 1. The molecule has 2 atom stereocenters. The molecule has 2 heterocycles. The van der Waals surface area contributed by atoms with Crippen molar-refractivity contribution in [3.05, 3.63) is 54.1 Å². The summed E-state index contributed by atoms with van der Waals surface area (Å²) in [5.41, 5.74) is 1.67. The van der Waals surface area contributed by atoms with Crippen LogP contribution in [-0.4, -0.2) is 62.6 Å². The number of nitrogens with one attached hydrogen (secondary N) is 2. The first kappa shape index (κ1) is 22.4. The van der Waals surface area contributed by atoms with Crippen LogP contribution < -0.4 is 25.0 Å². The fraction of sp³-hybridized carbons (Fsp3) is 0.375. The van der Waals surface area contributed by atoms with Crippen molar-refractivity contribution in [3.8, 4) is 11.5 Å². The van der Waals surface area contributed by atoms with E-state index >= 15 is 0 Å². The van der Waals surface area contributed by atoms with Crippen LogP contribution in [0.3, 0.4) is 0 Å². The highest BCUT2D eigenvalue weighted by atomic mass is 16.5. The molecule has 2 N–H and O–H groups in total. The maximum atomic E-state index is 13.0. The molecule has 4 amide bonds. The Hall–Kier alpha value is -3.75. The molecule has 9 nitrogen and oxygen atoms in total. The van der Waals surface area contributed by atoms with Gasteiger partial charge in [0.1, 0.15) is 17.5 Å². The van der Waals surface area contributed by atoms with Crippen molar-refractivity contribution in [3.63, 3.8) is 0 Å². The van der Waals surface area contributed by atoms with Crippen LogP contribution in [0.15, 0.2) is 48.5 Å². The van der Waals surface area contributed by atoms with E-state index in [1.165, 1.54) is 4.90 Å². The van der Waals surface area contributed by atoms with E-state index in [-0.39, 0.29) is 30.3 Å². The Kier molecular flexibility index (Phi) is 6.67. The second-order valence-corrected chi connectivity index (χ2v) is 8.15. The summed E-state index contributed by atoms with van der Waals surface area (Å²) in [6.45, 7) is 1.51. The van der Waals surface area contributed by atoms with Gasteiger partial charge in [0.15, 0.2) is 0 Å². The molecular weight excluding hydrogens is 424 g/mol. The van der Waals surface area contributed by atoms with Gasteiger partial charge in [0.2, 0.25) is 11.8 Å². The van der Waals surface area contributed by atoms with Gasteiger partial charge < -0.3 is 25.0 Å². The molecule has 2 fully saturated rings. The molecule has 2 aliphatic heterocycles. The predicted octanol–water partition coefficient (Wildman–Crippen LogP) is 1.77. The van der Waals surface area contributed by atoms with Gasteiger partial charge >= 0.3 is 6.03 Å². The van der Waals surface area contributed by atoms with Gasteiger partial charge in [-0.2, -0.15) is 0 Å². The number of methoxy groups -OCH3 is 2. The maximum Gasteiger partial charge on any atom is 0.322 e. The molecule has 0 aromatic heterocycles. The third kappa shape index (κ3) is 5.02. The minimum Gasteiger partial charge on any atom is -0.497 e. The summed E-state index contributed by atoms with van der Waals surface area (Å²) in [6, 6.07) is 13.7. The lowest BCUT2D eigenvalue weighted by molar-refractivity contribution is -0.132. The molecule has 2 saturated heterocycles. The Morgan fingerprint density at radius 1 is 1.00 bits per heavy atom. The highest BCUT2D eigenvalue weighted by Crippen LogP contribution is 2.24. The molecule has 4 rings (SSSR count). The number of benzene rings is 2. The van der Waals surface area contributed by atoms with Crippen molar-refractivity contribution in [2.24, 2.45) is 5.92 Å². The lowest BCUT2D eigenvalue weighted by Crippen LogP contribution is -2.45. The van der Waals surface area contributed by atoms with Crippen molar-refractivity contribution in [2.45, 2.75) is 19.0 Å². The summed E-state index contributed by atoms with van der Waals surface area (Å²) < 4.78 is 10.3. The first-order chi connectivity index (χ1) is 16.0. The van der Waals surface area contributed by atoms with Crippen molar-refractivity contribution < 1.29 is 23.9 Å². The molecule has 2 aromatic carbocycles. The summed E-state index contributed by atoms with van der Waals surface area (Å²) in [4.78, 5) is 41.2. The Morgan fingerprint density at radius 3 is 2.27 bits per heavy atom. The first-order valence-electron chi connectivity index (χ1n) is 10.9. The van der Waals surface area contributed by atoms with E-state index in [0.29, 0.717) is 37.5 Å². The van der Waals surface area contributed by atoms with Gasteiger partial charge in [-0.1, -0.05) is 12.1 Å². The van der Waals surface area contributed by atoms with Gasteiger partial charge in [0, 0.05) is 25.3 Å². The van der Waals surface area contributed by atoms with Gasteiger partial charge in [0.05, 0.1) is 26.7 Å². The third-order valence-corrected chi connectivity index (χ3v) is 6.09. The zero-order valence-corrected chi connectivity index (χ0v) is 18.7. The number of carbonyl (C=O) groups excluding carboxylic acids is 3. The van der Waals surface area contributed by atoms with Gasteiger partial charge in [-0.3, -0.25) is 14.5 Å². The molecule has 0 aliphatic carbocycles. The SMILES string of the molecule is COc1ccc(CNC(=O)C2CCN(C(=O)C3CN(c4ccc(OC)cc4)C(=O)N3)C2)cc1. The standard InChI is InChI=1S/C24H28N4O5/c1-32-19-7-3-16(4-8-19)13-25-22(29)17-11-12-27(14-17)23(30)21-15-28(24(31)26-21)18-5-9-20(33-2)10-6-18/h3-10,17,21H,11-15H2,1-2H3,(H,25,29)(H,26,31). The zero-order chi connectivity index (χ0) is 23.4. The number of hydrogen-bond acceptors (Lipinski definition) is 5. The second kappa shape index (κ2) is 9.81. The van der Waals surface area contributed by atoms with Crippen LogP contribution in [0.4, 0.5) is 10.5 Å². The molecule has 0 bridgehead atoms. The maximum absolute atomic E-state index is 13.0. The minimum absolute atomic E-state index is 0.0727. The number of nitrogens with zero attached hydrogens (tertiary/aromatic N) is 2. The van der Waals surface area contributed by atoms with Gasteiger partial charge in [-0.25, -0.2) is 4.79 Å². The average molecular weight is 453 g/mol. The van der Waals surface area contributed by atoms with Crippen molar-refractivity contribution >= 4 is 23.5 Å². The Labute approximate surface area is 192 Å². The third-order valence-electron chi connectivity index (χ3n) is 6.09. The normalized spacial score (nSPS) is 19.9. The number of amides is 4. The highest BCUT2D eigenvalue weighted by molar-refractivity contribution is 6.00. The molecule has 2 unspecified atom stereocenters. The van der Waals surface area contributed by atoms with Crippen LogP contribution in [0, 0.1) is 5.92 Å². The molecule has 0 saturated carbocycles. The average Bonchev–Trinajstić information content (AvgIpc) is 3.50. The van der Waals surface area contributed by atoms with Crippen LogP contribution in [0.1, 0.15) is 12.0 Å². The van der Waals surface area contributed by atoms with E-state index in [9.17, 15) is 14.4 Å². The number of carbonyl (C=O) groups is 3. The monoisotopic (exact) mass is 452 g/mol. The van der Waals surface area contributed by atoms with Crippen LogP contribution in [0.25, 0.3) is 0 Å². The van der Waals surface area contributed by atoms with Crippen molar-refractivity contribution in [2.75, 3.05) is 38.8 Å². The largest absolute Gasteiger partial charge is 0.497 e. The summed E-state index contributed by atoms with van der Waals surface area (Å²) in [7, 11) is 3.19. The minimum atomic E-state index is -0.638. The van der Waals surface area contributed by atoms with Gasteiger partial charge in [-0.15, -0.1) is 0 Å². The number of hydrogen-bond donors (Lipinski definition) is 2. The molecule has 2 aliphatic rings. The lowest BCUT2D eigenvalue weighted by atomic mass is 10.1. The Morgan fingerprint density at radius 2 is 1.64 bits per heavy atom. The number of anilines is 1. The van der Waals surface area contributed by atoms with E-state index < -0.39 is 6.04 Å². The topological polar surface area (TPSA) is 100 Å². The van der Waals surface area contributed by atoms with E-state index in [2.05, 4.69) is 10.6 Å². The molecule has 2 aromatic rings. The van der Waals surface area contributed by atoms with E-state index in [0.717, 1.165) is 11.3 Å². The zero-order valence-electron chi connectivity index (χ0n) is 18.7. The number of rotatable bonds is 7. The Bertz CT molecular complexity index is 1010. The van der Waals surface area contributed by atoms with Crippen LogP contribution >= 0.6 is 0 Å². The van der Waals surface area contributed by atoms with Crippen molar-refractivity contribution in [1.82, 2.24) is 15.5 Å². The molecule has 33 heavy (non-hydrogen) atoms. The summed E-state index contributed by atoms with van der Waals surface area (Å²) in [5, 5.41) is 5.71. The van der Waals surface area contributed by atoms with E-state index in [1.807, 2.05) is 24.3 Å². The highest BCUT2D eigenvalue weighted by Gasteiger charge is 2.39. The smallest absolute Gasteiger partial charge is 0.322 e. The van der Waals surface area contributed by atoms with Crippen molar-refractivity contribution in [1.29, 1.82) is 0 Å². The molecular formula is C24H28N4O5. The van der Waals surface area contributed by atoms with E-state index in [1.54, 1.807) is 43.4 Å². The van der Waals surface area contributed by atoms with Crippen LogP contribution in [-0.2, 0) is 16.1 Å². The molecule has 0 radical (unpaired) electrons. The second-order valence-electron chi connectivity index (χ2n) is 8.15. The Balaban J connectivity index is 1.28. The van der Waals surface area contributed by atoms with Gasteiger partial charge in [0.25, 0.3) is 0 Å². The summed E-state index contributed by atoms with van der Waals surface area (Å²) in [5.74, 6) is 0.960. The summed E-state index contributed by atoms with van der Waals surface area (Å²) in [6.07, 6.45) is 0.600. The lowest BCUT2D eigenvalue weighted by Gasteiger charge is -2.20. The first-order valence-corrected chi connectivity index (χ1v) is 10.9. The number of urea groups is 1. The predicted molar refractivity (Wildman–Crippen MR) is 122 cm³/mol. The fourth-order valence-corrected chi connectivity index (χ4v) is 4.13. The molecule has 174 valence electrons. The van der Waals surface area contributed by atoms with Gasteiger partial charge in [-0.05, 0) is 48.4 Å². The number of ether oxygens (including phenoxy) is 2. The van der Waals surface area contributed by atoms with Crippen LogP contribution in [0.2, 0.25) is 0 Å².